The molecule has 3 aromatic carbocycles. The predicted molar refractivity (Wildman–Crippen MR) is 116 cm³/mol. The minimum Gasteiger partial charge on any atom is -0.329 e. The molecule has 0 amide bonds. The Labute approximate surface area is 175 Å². The molecule has 152 valence electrons. The summed E-state index contributed by atoms with van der Waals surface area (Å²) in [6.07, 6.45) is 0. The Morgan fingerprint density at radius 2 is 1.67 bits per heavy atom. The molecular formula is C23H21N3O3S. The molecule has 0 fully saturated rings. The zero-order valence-corrected chi connectivity index (χ0v) is 17.4. The van der Waals surface area contributed by atoms with Gasteiger partial charge in [-0.25, -0.2) is 13.4 Å². The molecule has 7 heteroatoms. The van der Waals surface area contributed by atoms with Crippen LogP contribution in [0, 0.1) is 0 Å². The van der Waals surface area contributed by atoms with Crippen molar-refractivity contribution < 1.29 is 13.2 Å². The van der Waals surface area contributed by atoms with Crippen molar-refractivity contribution in [3.05, 3.63) is 95.8 Å². The molecule has 0 aliphatic carbocycles. The summed E-state index contributed by atoms with van der Waals surface area (Å²) in [4.78, 5) is 16.4. The lowest BCUT2D eigenvalue weighted by molar-refractivity contribution is 0.101. The van der Waals surface area contributed by atoms with Crippen molar-refractivity contribution in [3.8, 4) is 0 Å². The molecule has 0 saturated heterocycles. The number of nitrogens with one attached hydrogen (secondary N) is 1. The zero-order valence-electron chi connectivity index (χ0n) is 16.6. The number of para-hydroxylation sites is 2. The molecule has 0 aliphatic rings. The fourth-order valence-corrected chi connectivity index (χ4v) is 4.67. The first kappa shape index (κ1) is 20.0. The zero-order chi connectivity index (χ0) is 21.3. The van der Waals surface area contributed by atoms with Crippen molar-refractivity contribution >= 4 is 26.8 Å². The van der Waals surface area contributed by atoms with E-state index < -0.39 is 16.1 Å². The molecule has 1 N–H and O–H groups in total. The molecule has 4 aromatic rings. The number of hydrogen-bond donors (Lipinski definition) is 1. The molecule has 0 radical (unpaired) electrons. The van der Waals surface area contributed by atoms with Gasteiger partial charge in [0.2, 0.25) is 10.0 Å². The van der Waals surface area contributed by atoms with Crippen LogP contribution < -0.4 is 4.72 Å². The van der Waals surface area contributed by atoms with E-state index in [0.717, 1.165) is 16.6 Å². The van der Waals surface area contributed by atoms with Crippen molar-refractivity contribution in [1.29, 1.82) is 0 Å². The highest BCUT2D eigenvalue weighted by Crippen LogP contribution is 2.27. The van der Waals surface area contributed by atoms with Gasteiger partial charge < -0.3 is 4.57 Å². The Kier molecular flexibility index (Phi) is 5.24. The van der Waals surface area contributed by atoms with Crippen LogP contribution in [0.2, 0.25) is 0 Å². The predicted octanol–water partition coefficient (Wildman–Crippen LogP) is 3.84. The third kappa shape index (κ3) is 3.77. The summed E-state index contributed by atoms with van der Waals surface area (Å²) < 4.78 is 31.1. The van der Waals surface area contributed by atoms with Crippen molar-refractivity contribution in [2.75, 3.05) is 0 Å². The fraction of sp³-hybridized carbons (Fsp3) is 0.130. The van der Waals surface area contributed by atoms with Crippen molar-refractivity contribution in [1.82, 2.24) is 14.3 Å². The number of hydrogen-bond acceptors (Lipinski definition) is 4. The highest BCUT2D eigenvalue weighted by Gasteiger charge is 2.27. The van der Waals surface area contributed by atoms with Gasteiger partial charge in [-0.05, 0) is 36.8 Å². The molecular weight excluding hydrogens is 398 g/mol. The Bertz CT molecular complexity index is 1330. The van der Waals surface area contributed by atoms with Gasteiger partial charge in [-0.3, -0.25) is 4.79 Å². The second kappa shape index (κ2) is 7.85. The molecule has 1 heterocycles. The fourth-order valence-electron chi connectivity index (χ4n) is 3.44. The number of rotatable bonds is 6. The largest absolute Gasteiger partial charge is 0.329 e. The van der Waals surface area contributed by atoms with E-state index in [0.29, 0.717) is 11.4 Å². The molecule has 0 saturated carbocycles. The highest BCUT2D eigenvalue weighted by atomic mass is 32.2. The Hall–Kier alpha value is -3.29. The smallest absolute Gasteiger partial charge is 0.241 e. The lowest BCUT2D eigenvalue weighted by Crippen LogP contribution is -2.31. The Morgan fingerprint density at radius 3 is 2.37 bits per heavy atom. The number of fused-ring (bicyclic) bond motifs is 1. The summed E-state index contributed by atoms with van der Waals surface area (Å²) in [5, 5.41) is 0. The molecule has 4 rings (SSSR count). The number of imidazole rings is 1. The number of sulfonamides is 1. The van der Waals surface area contributed by atoms with Crippen LogP contribution in [0.1, 0.15) is 34.7 Å². The molecule has 6 nitrogen and oxygen atoms in total. The summed E-state index contributed by atoms with van der Waals surface area (Å²) in [6.45, 7) is 1.41. The second-order valence-corrected chi connectivity index (χ2v) is 8.78. The van der Waals surface area contributed by atoms with Crippen LogP contribution >= 0.6 is 0 Å². The normalized spacial score (nSPS) is 12.7. The SMILES string of the molecule is CC(=O)c1cccc(S(=O)(=O)NC(c2ccccc2)c2nc3ccccc3n2C)c1. The molecule has 1 unspecified atom stereocenters. The minimum absolute atomic E-state index is 0.0369. The third-order valence-corrected chi connectivity index (χ3v) is 6.46. The summed E-state index contributed by atoms with van der Waals surface area (Å²) in [5.74, 6) is 0.385. The first-order valence-corrected chi connectivity index (χ1v) is 10.9. The van der Waals surface area contributed by atoms with Gasteiger partial charge in [0.05, 0.1) is 15.9 Å². The van der Waals surface area contributed by atoms with Crippen molar-refractivity contribution in [2.45, 2.75) is 17.9 Å². The first-order valence-electron chi connectivity index (χ1n) is 9.46. The van der Waals surface area contributed by atoms with Crippen LogP contribution in [0.15, 0.2) is 83.8 Å². The van der Waals surface area contributed by atoms with E-state index in [9.17, 15) is 13.2 Å². The van der Waals surface area contributed by atoms with Gasteiger partial charge in [-0.2, -0.15) is 4.72 Å². The number of carbonyl (C=O) groups is 1. The third-order valence-electron chi connectivity index (χ3n) is 5.04. The maximum absolute atomic E-state index is 13.2. The highest BCUT2D eigenvalue weighted by molar-refractivity contribution is 7.89. The van der Waals surface area contributed by atoms with E-state index in [1.165, 1.54) is 19.1 Å². The molecule has 1 aromatic heterocycles. The number of nitrogens with zero attached hydrogens (tertiary/aromatic N) is 2. The summed E-state index contributed by atoms with van der Waals surface area (Å²) in [6, 6.07) is 22.3. The molecule has 0 aliphatic heterocycles. The van der Waals surface area contributed by atoms with Crippen LogP contribution in [0.4, 0.5) is 0 Å². The van der Waals surface area contributed by atoms with Gasteiger partial charge >= 0.3 is 0 Å². The Balaban J connectivity index is 1.82. The van der Waals surface area contributed by atoms with E-state index in [-0.39, 0.29) is 10.7 Å². The first-order chi connectivity index (χ1) is 14.4. The summed E-state index contributed by atoms with van der Waals surface area (Å²) in [7, 11) is -2.06. The standard InChI is InChI=1S/C23H21N3O3S/c1-16(27)18-11-8-12-19(15-18)30(28,29)25-22(17-9-4-3-5-10-17)23-24-20-13-6-7-14-21(20)26(23)2/h3-15,22,25H,1-2H3. The second-order valence-electron chi connectivity index (χ2n) is 7.07. The minimum atomic E-state index is -3.92. The van der Waals surface area contributed by atoms with Gasteiger partial charge in [0.1, 0.15) is 11.9 Å². The number of Topliss-reactive ketones (excluding diaryl/α,β-unsaturated/α-hetero) is 1. The van der Waals surface area contributed by atoms with Crippen LogP contribution in [-0.4, -0.2) is 23.8 Å². The van der Waals surface area contributed by atoms with Gasteiger partial charge in [0, 0.05) is 12.6 Å². The maximum Gasteiger partial charge on any atom is 0.241 e. The van der Waals surface area contributed by atoms with E-state index in [1.54, 1.807) is 12.1 Å². The number of aryl methyl sites for hydroxylation is 1. The molecule has 0 bridgehead atoms. The summed E-state index contributed by atoms with van der Waals surface area (Å²) in [5.41, 5.74) is 2.80. The van der Waals surface area contributed by atoms with Gasteiger partial charge in [0.25, 0.3) is 0 Å². The average Bonchev–Trinajstić information content (AvgIpc) is 3.09. The lowest BCUT2D eigenvalue weighted by atomic mass is 10.1. The van der Waals surface area contributed by atoms with Gasteiger partial charge in [0.15, 0.2) is 5.78 Å². The van der Waals surface area contributed by atoms with Crippen molar-refractivity contribution in [3.63, 3.8) is 0 Å². The number of carbonyl (C=O) groups excluding carboxylic acids is 1. The molecule has 0 spiro atoms. The van der Waals surface area contributed by atoms with Crippen LogP contribution in [0.5, 0.6) is 0 Å². The molecule has 1 atom stereocenters. The monoisotopic (exact) mass is 419 g/mol. The Morgan fingerprint density at radius 1 is 0.967 bits per heavy atom. The van der Waals surface area contributed by atoms with Crippen molar-refractivity contribution in [2.24, 2.45) is 7.05 Å². The van der Waals surface area contributed by atoms with E-state index in [2.05, 4.69) is 4.72 Å². The summed E-state index contributed by atoms with van der Waals surface area (Å²) >= 11 is 0. The van der Waals surface area contributed by atoms with Crippen LogP contribution in [-0.2, 0) is 17.1 Å². The molecule has 30 heavy (non-hydrogen) atoms. The van der Waals surface area contributed by atoms with E-state index in [1.807, 2.05) is 66.2 Å². The van der Waals surface area contributed by atoms with Gasteiger partial charge in [-0.1, -0.05) is 54.6 Å². The topological polar surface area (TPSA) is 81.1 Å². The average molecular weight is 420 g/mol. The number of ketones is 1. The van der Waals surface area contributed by atoms with Crippen LogP contribution in [0.25, 0.3) is 11.0 Å². The van der Waals surface area contributed by atoms with Gasteiger partial charge in [-0.15, -0.1) is 0 Å². The maximum atomic E-state index is 13.2. The van der Waals surface area contributed by atoms with Crippen LogP contribution in [0.3, 0.4) is 0 Å². The quantitative estimate of drug-likeness (QED) is 0.482. The number of benzene rings is 3. The van der Waals surface area contributed by atoms with E-state index >= 15 is 0 Å². The number of aromatic nitrogens is 2. The van der Waals surface area contributed by atoms with E-state index in [4.69, 9.17) is 4.98 Å². The lowest BCUT2D eigenvalue weighted by Gasteiger charge is -2.19.